The molecule has 0 aliphatic carbocycles. The minimum atomic E-state index is -4.36. The molecule has 2 rings (SSSR count). The van der Waals surface area contributed by atoms with Crippen molar-refractivity contribution in [1.82, 2.24) is 0 Å². The molecular weight excluding hydrogens is 432 g/mol. The molecule has 0 unspecified atom stereocenters. The van der Waals surface area contributed by atoms with Crippen molar-refractivity contribution in [3.63, 3.8) is 0 Å². The van der Waals surface area contributed by atoms with Gasteiger partial charge in [-0.05, 0) is 36.4 Å². The average molecular weight is 441 g/mol. The normalized spacial score (nSPS) is 11.7. The SMILES string of the molecule is O=S(=O)(O)c1ccc(NS(=O)(=O)c2cc(Cl)c(Cl)cc2Cl)cc1.[H-].[Na+]. The third kappa shape index (κ3) is 5.23. The monoisotopic (exact) mass is 439 g/mol. The van der Waals surface area contributed by atoms with Crippen molar-refractivity contribution >= 4 is 60.6 Å². The van der Waals surface area contributed by atoms with Crippen molar-refractivity contribution < 1.29 is 52.4 Å². The van der Waals surface area contributed by atoms with E-state index in [1.54, 1.807) is 0 Å². The largest absolute Gasteiger partial charge is 1.00 e. The Balaban J connectivity index is 0.00000288. The van der Waals surface area contributed by atoms with Crippen LogP contribution in [-0.4, -0.2) is 21.4 Å². The molecule has 0 heterocycles. The summed E-state index contributed by atoms with van der Waals surface area (Å²) in [5.74, 6) is 0. The smallest absolute Gasteiger partial charge is 1.00 e. The van der Waals surface area contributed by atoms with E-state index in [0.29, 0.717) is 0 Å². The summed E-state index contributed by atoms with van der Waals surface area (Å²) in [5.41, 5.74) is 0.0690. The number of halogens is 3. The zero-order valence-electron chi connectivity index (χ0n) is 13.0. The molecule has 6 nitrogen and oxygen atoms in total. The van der Waals surface area contributed by atoms with Crippen LogP contribution in [0.4, 0.5) is 5.69 Å². The van der Waals surface area contributed by atoms with Crippen LogP contribution in [0.2, 0.25) is 15.1 Å². The predicted octanol–water partition coefficient (Wildman–Crippen LogP) is 0.811. The van der Waals surface area contributed by atoms with E-state index in [2.05, 4.69) is 4.72 Å². The van der Waals surface area contributed by atoms with Gasteiger partial charge in [-0.3, -0.25) is 9.27 Å². The molecule has 0 atom stereocenters. The van der Waals surface area contributed by atoms with E-state index < -0.39 is 20.1 Å². The van der Waals surface area contributed by atoms with E-state index in [1.807, 2.05) is 0 Å². The number of benzene rings is 2. The van der Waals surface area contributed by atoms with Gasteiger partial charge in [0, 0.05) is 5.69 Å². The van der Waals surface area contributed by atoms with Gasteiger partial charge in [0.1, 0.15) is 4.90 Å². The standard InChI is InChI=1S/C12H8Cl3NO5S2.Na.H/c13-9-5-11(15)12(6-10(9)14)22(17,18)16-7-1-3-8(4-2-7)23(19,20)21;;/h1-6,16H,(H,19,20,21);;/q;+1;-1. The summed E-state index contributed by atoms with van der Waals surface area (Å²) in [7, 11) is -8.43. The molecule has 0 radical (unpaired) electrons. The zero-order valence-corrected chi connectivity index (χ0v) is 17.9. The Morgan fingerprint density at radius 1 is 0.875 bits per heavy atom. The minimum Gasteiger partial charge on any atom is -1.00 e. The maximum Gasteiger partial charge on any atom is 1.00 e. The molecule has 0 saturated carbocycles. The maximum absolute atomic E-state index is 12.3. The summed E-state index contributed by atoms with van der Waals surface area (Å²) in [5, 5.41) is -0.00672. The van der Waals surface area contributed by atoms with Crippen LogP contribution in [0.3, 0.4) is 0 Å². The second-order valence-corrected chi connectivity index (χ2v) is 8.60. The van der Waals surface area contributed by atoms with Crippen molar-refractivity contribution in [1.29, 1.82) is 0 Å². The third-order valence-electron chi connectivity index (χ3n) is 2.67. The van der Waals surface area contributed by atoms with Gasteiger partial charge < -0.3 is 1.43 Å². The summed E-state index contributed by atoms with van der Waals surface area (Å²) in [6, 6.07) is 6.73. The number of hydrogen-bond acceptors (Lipinski definition) is 4. The van der Waals surface area contributed by atoms with Crippen LogP contribution < -0.4 is 34.3 Å². The Morgan fingerprint density at radius 2 is 1.38 bits per heavy atom. The van der Waals surface area contributed by atoms with Gasteiger partial charge in [0.25, 0.3) is 20.1 Å². The minimum absolute atomic E-state index is 0. The van der Waals surface area contributed by atoms with Gasteiger partial charge in [-0.15, -0.1) is 0 Å². The molecule has 0 amide bonds. The van der Waals surface area contributed by atoms with Gasteiger partial charge in [0.2, 0.25) is 0 Å². The number of anilines is 1. The fourth-order valence-electron chi connectivity index (χ4n) is 1.62. The second kappa shape index (κ2) is 8.11. The molecule has 0 spiro atoms. The van der Waals surface area contributed by atoms with Crippen LogP contribution in [0.5, 0.6) is 0 Å². The number of hydrogen-bond donors (Lipinski definition) is 2. The van der Waals surface area contributed by atoms with Crippen LogP contribution in [0, 0.1) is 0 Å². The molecule has 126 valence electrons. The van der Waals surface area contributed by atoms with Crippen molar-refractivity contribution in [3.05, 3.63) is 51.5 Å². The van der Waals surface area contributed by atoms with Gasteiger partial charge in [-0.2, -0.15) is 8.42 Å². The Labute approximate surface area is 177 Å². The summed E-state index contributed by atoms with van der Waals surface area (Å²) in [6.07, 6.45) is 0. The van der Waals surface area contributed by atoms with Crippen LogP contribution in [0.15, 0.2) is 46.2 Å². The predicted molar refractivity (Wildman–Crippen MR) is 89.6 cm³/mol. The van der Waals surface area contributed by atoms with Gasteiger partial charge in [0.05, 0.1) is 20.0 Å². The molecule has 0 aromatic heterocycles. The summed E-state index contributed by atoms with van der Waals surface area (Å²) >= 11 is 17.4. The molecule has 0 aliphatic heterocycles. The quantitative estimate of drug-likeness (QED) is 0.416. The Bertz CT molecular complexity index is 969. The van der Waals surface area contributed by atoms with E-state index in [9.17, 15) is 16.8 Å². The molecule has 2 N–H and O–H groups in total. The first-order valence-corrected chi connectivity index (χ1v) is 9.81. The fraction of sp³-hybridized carbons (Fsp3) is 0. The van der Waals surface area contributed by atoms with Crippen molar-refractivity contribution in [2.45, 2.75) is 9.79 Å². The van der Waals surface area contributed by atoms with Crippen LogP contribution in [0.1, 0.15) is 1.43 Å². The van der Waals surface area contributed by atoms with E-state index in [1.165, 1.54) is 18.2 Å². The molecule has 2 aromatic carbocycles. The molecule has 2 aromatic rings. The molecule has 0 saturated heterocycles. The van der Waals surface area contributed by atoms with Crippen molar-refractivity contribution in [2.24, 2.45) is 0 Å². The number of sulfonamides is 1. The first-order valence-electron chi connectivity index (χ1n) is 5.75. The number of rotatable bonds is 4. The van der Waals surface area contributed by atoms with E-state index in [0.717, 1.165) is 18.2 Å². The van der Waals surface area contributed by atoms with Gasteiger partial charge in [-0.25, -0.2) is 8.42 Å². The topological polar surface area (TPSA) is 101 Å². The van der Waals surface area contributed by atoms with Gasteiger partial charge >= 0.3 is 29.6 Å². The summed E-state index contributed by atoms with van der Waals surface area (Å²) in [4.78, 5) is -0.652. The summed E-state index contributed by atoms with van der Waals surface area (Å²) in [6.45, 7) is 0. The summed E-state index contributed by atoms with van der Waals surface area (Å²) < 4.78 is 57.6. The number of nitrogens with one attached hydrogen (secondary N) is 1. The van der Waals surface area contributed by atoms with Gasteiger partial charge in [-0.1, -0.05) is 34.8 Å². The molecule has 24 heavy (non-hydrogen) atoms. The molecular formula is C12H9Cl3NNaO5S2. The first-order chi connectivity index (χ1) is 10.5. The second-order valence-electron chi connectivity index (χ2n) is 4.30. The molecule has 12 heteroatoms. The zero-order chi connectivity index (χ0) is 17.4. The third-order valence-corrected chi connectivity index (χ3v) is 6.10. The van der Waals surface area contributed by atoms with Crippen molar-refractivity contribution in [2.75, 3.05) is 4.72 Å². The first kappa shape index (κ1) is 22.0. The maximum atomic E-state index is 12.3. The van der Waals surface area contributed by atoms with Crippen molar-refractivity contribution in [3.8, 4) is 0 Å². The van der Waals surface area contributed by atoms with E-state index in [-0.39, 0.29) is 61.5 Å². The fourth-order valence-corrected chi connectivity index (χ4v) is 4.16. The molecule has 0 aliphatic rings. The molecule has 0 bridgehead atoms. The van der Waals surface area contributed by atoms with E-state index >= 15 is 0 Å². The molecule has 0 fully saturated rings. The van der Waals surface area contributed by atoms with Gasteiger partial charge in [0.15, 0.2) is 0 Å². The van der Waals surface area contributed by atoms with E-state index in [4.69, 9.17) is 39.4 Å². The Kier molecular flexibility index (Phi) is 7.44. The van der Waals surface area contributed by atoms with Crippen LogP contribution in [0.25, 0.3) is 0 Å². The Hall–Kier alpha value is -0.0300. The van der Waals surface area contributed by atoms with Crippen LogP contribution in [-0.2, 0) is 20.1 Å². The Morgan fingerprint density at radius 3 is 1.88 bits per heavy atom. The average Bonchev–Trinajstić information content (AvgIpc) is 2.41. The van der Waals surface area contributed by atoms with Crippen LogP contribution >= 0.6 is 34.8 Å².